The zero-order valence-corrected chi connectivity index (χ0v) is 17.9. The molecule has 4 aromatic rings. The summed E-state index contributed by atoms with van der Waals surface area (Å²) < 4.78 is 60.7. The number of hydrogen-bond donors (Lipinski definition) is 0. The average molecular weight is 526 g/mol. The molecule has 2 aromatic carbocycles. The number of aromatic nitrogens is 2. The molecule has 9 heteroatoms. The smallest absolute Gasteiger partial charge is 0.270 e. The molecule has 0 saturated heterocycles. The van der Waals surface area contributed by atoms with Crippen LogP contribution in [0.2, 0.25) is 0 Å². The predicted molar refractivity (Wildman–Crippen MR) is 113 cm³/mol. The van der Waals surface area contributed by atoms with Gasteiger partial charge < -0.3 is 4.74 Å². The van der Waals surface area contributed by atoms with E-state index in [1.54, 1.807) is 30.3 Å². The minimum Gasteiger partial charge on any atom is -0.496 e. The van der Waals surface area contributed by atoms with Crippen LogP contribution < -0.4 is 4.74 Å². The van der Waals surface area contributed by atoms with E-state index in [0.29, 0.717) is 20.2 Å². The number of nitrogens with zero attached hydrogens (tertiary/aromatic N) is 2. The standard InChI is InChI=1S/C20H13F2IN2O3S/c1-28-18-11-17(22)16(21)9-14(18)13-7-8-24-20-15(13)10-19(23)25(20)29(26,27)12-5-3-2-4-6-12/h2-11H,1H3. The molecule has 0 amide bonds. The highest BCUT2D eigenvalue weighted by Crippen LogP contribution is 2.38. The fourth-order valence-electron chi connectivity index (χ4n) is 3.11. The Balaban J connectivity index is 2.01. The lowest BCUT2D eigenvalue weighted by Crippen LogP contribution is -2.14. The van der Waals surface area contributed by atoms with E-state index in [9.17, 15) is 17.2 Å². The summed E-state index contributed by atoms with van der Waals surface area (Å²) in [5, 5.41) is 0.473. The Morgan fingerprint density at radius 1 is 1.00 bits per heavy atom. The van der Waals surface area contributed by atoms with Crippen molar-refractivity contribution in [2.24, 2.45) is 0 Å². The molecule has 148 valence electrons. The molecule has 0 radical (unpaired) electrons. The topological polar surface area (TPSA) is 61.2 Å². The molecule has 0 spiro atoms. The summed E-state index contributed by atoms with van der Waals surface area (Å²) in [6.07, 6.45) is 1.42. The summed E-state index contributed by atoms with van der Waals surface area (Å²) in [5.41, 5.74) is 0.956. The molecule has 2 aromatic heterocycles. The molecule has 4 rings (SSSR count). The number of halogens is 3. The molecule has 0 bridgehead atoms. The maximum Gasteiger partial charge on any atom is 0.270 e. The predicted octanol–water partition coefficient (Wildman–Crippen LogP) is 4.83. The molecule has 0 unspecified atom stereocenters. The molecule has 0 aliphatic carbocycles. The first kappa shape index (κ1) is 19.8. The summed E-state index contributed by atoms with van der Waals surface area (Å²) in [5.74, 6) is -1.93. The van der Waals surface area contributed by atoms with Gasteiger partial charge in [0.1, 0.15) is 5.75 Å². The maximum atomic E-state index is 13.9. The van der Waals surface area contributed by atoms with E-state index >= 15 is 0 Å². The quantitative estimate of drug-likeness (QED) is 0.358. The summed E-state index contributed by atoms with van der Waals surface area (Å²) >= 11 is 1.91. The molecular weight excluding hydrogens is 513 g/mol. The first-order valence-electron chi connectivity index (χ1n) is 8.34. The number of benzene rings is 2. The van der Waals surface area contributed by atoms with E-state index in [2.05, 4.69) is 4.98 Å². The summed E-state index contributed by atoms with van der Waals surface area (Å²) in [4.78, 5) is 4.36. The van der Waals surface area contributed by atoms with Crippen molar-refractivity contribution in [1.29, 1.82) is 0 Å². The van der Waals surface area contributed by atoms with E-state index in [-0.39, 0.29) is 16.3 Å². The van der Waals surface area contributed by atoms with Crippen molar-refractivity contribution in [3.63, 3.8) is 0 Å². The third-order valence-electron chi connectivity index (χ3n) is 4.43. The maximum absolute atomic E-state index is 13.9. The fourth-order valence-corrected chi connectivity index (χ4v) is 5.80. The van der Waals surface area contributed by atoms with Crippen molar-refractivity contribution in [1.82, 2.24) is 8.96 Å². The van der Waals surface area contributed by atoms with Gasteiger partial charge in [-0.3, -0.25) is 0 Å². The highest BCUT2D eigenvalue weighted by atomic mass is 127. The van der Waals surface area contributed by atoms with E-state index in [1.807, 2.05) is 22.6 Å². The minimum atomic E-state index is -3.90. The van der Waals surface area contributed by atoms with Crippen LogP contribution in [0.5, 0.6) is 5.75 Å². The number of pyridine rings is 1. The largest absolute Gasteiger partial charge is 0.496 e. The van der Waals surface area contributed by atoms with Crippen LogP contribution >= 0.6 is 22.6 Å². The molecule has 5 nitrogen and oxygen atoms in total. The van der Waals surface area contributed by atoms with Crippen molar-refractivity contribution in [3.05, 3.63) is 76.1 Å². The molecule has 0 aliphatic heterocycles. The van der Waals surface area contributed by atoms with E-state index < -0.39 is 21.7 Å². The number of fused-ring (bicyclic) bond motifs is 1. The zero-order chi connectivity index (χ0) is 20.8. The Bertz CT molecular complexity index is 1340. The Labute approximate surface area is 179 Å². The van der Waals surface area contributed by atoms with Crippen LogP contribution in [-0.2, 0) is 10.0 Å². The molecule has 29 heavy (non-hydrogen) atoms. The van der Waals surface area contributed by atoms with E-state index in [1.165, 1.54) is 25.4 Å². The molecule has 2 heterocycles. The van der Waals surface area contributed by atoms with E-state index in [0.717, 1.165) is 16.1 Å². The van der Waals surface area contributed by atoms with Gasteiger partial charge in [0.2, 0.25) is 0 Å². The number of methoxy groups -OCH3 is 1. The zero-order valence-electron chi connectivity index (χ0n) is 14.9. The Hall–Kier alpha value is -2.53. The van der Waals surface area contributed by atoms with Crippen LogP contribution in [0.1, 0.15) is 0 Å². The van der Waals surface area contributed by atoms with Gasteiger partial charge in [-0.2, -0.15) is 0 Å². The number of hydrogen-bond acceptors (Lipinski definition) is 4. The van der Waals surface area contributed by atoms with Gasteiger partial charge in [0.15, 0.2) is 17.3 Å². The van der Waals surface area contributed by atoms with Crippen LogP contribution in [0.15, 0.2) is 65.7 Å². The van der Waals surface area contributed by atoms with Crippen molar-refractivity contribution in [3.8, 4) is 16.9 Å². The monoisotopic (exact) mass is 526 g/mol. The molecular formula is C20H13F2IN2O3S. The number of rotatable bonds is 4. The van der Waals surface area contributed by atoms with Crippen molar-refractivity contribution < 1.29 is 21.9 Å². The third kappa shape index (κ3) is 3.27. The third-order valence-corrected chi connectivity index (χ3v) is 7.27. The average Bonchev–Trinajstić information content (AvgIpc) is 3.07. The van der Waals surface area contributed by atoms with Crippen LogP contribution in [0.25, 0.3) is 22.2 Å². The second kappa shape index (κ2) is 7.38. The van der Waals surface area contributed by atoms with Gasteiger partial charge in [0, 0.05) is 23.2 Å². The van der Waals surface area contributed by atoms with Crippen molar-refractivity contribution in [2.45, 2.75) is 4.90 Å². The summed E-state index contributed by atoms with van der Waals surface area (Å²) in [6.45, 7) is 0. The highest BCUT2D eigenvalue weighted by molar-refractivity contribution is 14.1. The van der Waals surface area contributed by atoms with Gasteiger partial charge >= 0.3 is 0 Å². The van der Waals surface area contributed by atoms with Gasteiger partial charge in [-0.1, -0.05) is 18.2 Å². The van der Waals surface area contributed by atoms with Crippen LogP contribution in [0.3, 0.4) is 0 Å². The first-order chi connectivity index (χ1) is 13.8. The van der Waals surface area contributed by atoms with Crippen molar-refractivity contribution in [2.75, 3.05) is 7.11 Å². The minimum absolute atomic E-state index is 0.119. The lowest BCUT2D eigenvalue weighted by atomic mass is 10.0. The lowest BCUT2D eigenvalue weighted by molar-refractivity contribution is 0.408. The van der Waals surface area contributed by atoms with Gasteiger partial charge in [0.25, 0.3) is 10.0 Å². The highest BCUT2D eigenvalue weighted by Gasteiger charge is 2.25. The fraction of sp³-hybridized carbons (Fsp3) is 0.0500. The molecule has 0 saturated carbocycles. The van der Waals surface area contributed by atoms with E-state index in [4.69, 9.17) is 4.74 Å². The second-order valence-electron chi connectivity index (χ2n) is 6.11. The van der Waals surface area contributed by atoms with Crippen LogP contribution in [0.4, 0.5) is 8.78 Å². The molecule has 0 N–H and O–H groups in total. The molecule has 0 fully saturated rings. The van der Waals surface area contributed by atoms with Gasteiger partial charge in [-0.25, -0.2) is 26.2 Å². The van der Waals surface area contributed by atoms with Crippen LogP contribution in [0, 0.1) is 15.3 Å². The summed E-state index contributed by atoms with van der Waals surface area (Å²) in [7, 11) is -2.55. The Morgan fingerprint density at radius 2 is 1.69 bits per heavy atom. The Morgan fingerprint density at radius 3 is 2.38 bits per heavy atom. The molecule has 0 atom stereocenters. The first-order valence-corrected chi connectivity index (χ1v) is 10.9. The molecule has 0 aliphatic rings. The normalized spacial score (nSPS) is 11.7. The Kier molecular flexibility index (Phi) is 5.03. The van der Waals surface area contributed by atoms with Gasteiger partial charge in [0.05, 0.1) is 15.7 Å². The SMILES string of the molecule is COc1cc(F)c(F)cc1-c1ccnc2c1cc(I)n2S(=O)(=O)c1ccccc1. The van der Waals surface area contributed by atoms with Gasteiger partial charge in [-0.15, -0.1) is 0 Å². The number of ether oxygens (including phenoxy) is 1. The van der Waals surface area contributed by atoms with Crippen LogP contribution in [-0.4, -0.2) is 24.5 Å². The van der Waals surface area contributed by atoms with Gasteiger partial charge in [-0.05, 0) is 58.5 Å². The van der Waals surface area contributed by atoms with Crippen molar-refractivity contribution >= 4 is 43.6 Å². The summed E-state index contributed by atoms with van der Waals surface area (Å²) in [6, 6.07) is 13.2. The second-order valence-corrected chi connectivity index (χ2v) is 9.00. The lowest BCUT2D eigenvalue weighted by Gasteiger charge is -2.11.